The van der Waals surface area contributed by atoms with E-state index in [2.05, 4.69) is 31.9 Å². The van der Waals surface area contributed by atoms with Gasteiger partial charge in [-0.2, -0.15) is 0 Å². The van der Waals surface area contributed by atoms with Gasteiger partial charge < -0.3 is 10.5 Å². The van der Waals surface area contributed by atoms with E-state index < -0.39 is 0 Å². The Morgan fingerprint density at radius 3 is 2.16 bits per heavy atom. The average Bonchev–Trinajstić information content (AvgIpc) is 2.33. The first kappa shape index (κ1) is 14.5. The highest BCUT2D eigenvalue weighted by Gasteiger charge is 2.07. The number of hydrogen-bond donors (Lipinski definition) is 1. The average molecular weight is 389 g/mol. The van der Waals surface area contributed by atoms with Crippen LogP contribution >= 0.6 is 31.9 Å². The van der Waals surface area contributed by atoms with Crippen LogP contribution in [0.25, 0.3) is 0 Å². The lowest BCUT2D eigenvalue weighted by atomic mass is 10.1. The molecule has 0 aromatic heterocycles. The number of nitrogens with two attached hydrogens (primary N) is 1. The van der Waals surface area contributed by atoms with E-state index >= 15 is 0 Å². The summed E-state index contributed by atoms with van der Waals surface area (Å²) in [5.41, 5.74) is 6.84. The van der Waals surface area contributed by atoms with E-state index in [0.29, 0.717) is 16.0 Å². The standard InChI is InChI=1S/C14H12Br2FNO/c1-8(18)11-4-2-9(6-12(11)15)19-10-3-5-14(17)13(16)7-10/h2-8H,18H2,1H3/t8-/m0/s1. The van der Waals surface area contributed by atoms with Crippen LogP contribution < -0.4 is 10.5 Å². The lowest BCUT2D eigenvalue weighted by molar-refractivity contribution is 0.479. The van der Waals surface area contributed by atoms with Gasteiger partial charge in [-0.3, -0.25) is 0 Å². The Labute approximate surface area is 128 Å². The van der Waals surface area contributed by atoms with E-state index in [4.69, 9.17) is 10.5 Å². The predicted octanol–water partition coefficient (Wildman–Crippen LogP) is 5.16. The zero-order chi connectivity index (χ0) is 14.0. The summed E-state index contributed by atoms with van der Waals surface area (Å²) in [5, 5.41) is 0. The van der Waals surface area contributed by atoms with Gasteiger partial charge in [0.2, 0.25) is 0 Å². The third-order valence-corrected chi connectivity index (χ3v) is 3.88. The van der Waals surface area contributed by atoms with Gasteiger partial charge in [0, 0.05) is 10.5 Å². The molecular formula is C14H12Br2FNO. The van der Waals surface area contributed by atoms with E-state index in [-0.39, 0.29) is 11.9 Å². The molecule has 0 bridgehead atoms. The zero-order valence-corrected chi connectivity index (χ0v) is 13.3. The quantitative estimate of drug-likeness (QED) is 0.787. The van der Waals surface area contributed by atoms with Crippen LogP contribution in [0.4, 0.5) is 4.39 Å². The molecule has 0 aliphatic carbocycles. The summed E-state index contributed by atoms with van der Waals surface area (Å²) in [6.45, 7) is 1.91. The van der Waals surface area contributed by atoms with Crippen molar-refractivity contribution in [2.45, 2.75) is 13.0 Å². The summed E-state index contributed by atoms with van der Waals surface area (Å²) in [6.07, 6.45) is 0. The Morgan fingerprint density at radius 1 is 1.05 bits per heavy atom. The summed E-state index contributed by atoms with van der Waals surface area (Å²) in [6, 6.07) is 10.0. The van der Waals surface area contributed by atoms with Crippen molar-refractivity contribution < 1.29 is 9.13 Å². The summed E-state index contributed by atoms with van der Waals surface area (Å²) in [4.78, 5) is 0. The van der Waals surface area contributed by atoms with Crippen LogP contribution in [0.2, 0.25) is 0 Å². The molecule has 0 aliphatic rings. The minimum absolute atomic E-state index is 0.0524. The van der Waals surface area contributed by atoms with Crippen LogP contribution in [0, 0.1) is 5.82 Å². The van der Waals surface area contributed by atoms with Gasteiger partial charge in [-0.15, -0.1) is 0 Å². The third-order valence-electron chi connectivity index (χ3n) is 2.59. The Kier molecular flexibility index (Phi) is 4.60. The number of benzene rings is 2. The minimum Gasteiger partial charge on any atom is -0.457 e. The molecule has 0 fully saturated rings. The van der Waals surface area contributed by atoms with Gasteiger partial charge >= 0.3 is 0 Å². The summed E-state index contributed by atoms with van der Waals surface area (Å²) >= 11 is 6.58. The highest BCUT2D eigenvalue weighted by atomic mass is 79.9. The van der Waals surface area contributed by atoms with Crippen molar-refractivity contribution >= 4 is 31.9 Å². The van der Waals surface area contributed by atoms with Crippen molar-refractivity contribution in [3.05, 3.63) is 56.7 Å². The van der Waals surface area contributed by atoms with Crippen LogP contribution in [0.15, 0.2) is 45.3 Å². The predicted molar refractivity (Wildman–Crippen MR) is 80.9 cm³/mol. The lowest BCUT2D eigenvalue weighted by Crippen LogP contribution is -2.05. The van der Waals surface area contributed by atoms with E-state index in [1.54, 1.807) is 12.1 Å². The van der Waals surface area contributed by atoms with Crippen molar-refractivity contribution in [2.24, 2.45) is 5.73 Å². The van der Waals surface area contributed by atoms with Crippen molar-refractivity contribution in [3.63, 3.8) is 0 Å². The SMILES string of the molecule is C[C@H](N)c1ccc(Oc2ccc(F)c(Br)c2)cc1Br. The van der Waals surface area contributed by atoms with Crippen molar-refractivity contribution in [2.75, 3.05) is 0 Å². The minimum atomic E-state index is -0.319. The second-order valence-corrected chi connectivity index (χ2v) is 5.86. The van der Waals surface area contributed by atoms with Crippen LogP contribution in [-0.2, 0) is 0 Å². The second kappa shape index (κ2) is 6.03. The van der Waals surface area contributed by atoms with Gasteiger partial charge in [-0.05, 0) is 58.7 Å². The van der Waals surface area contributed by atoms with Crippen LogP contribution in [0.5, 0.6) is 11.5 Å². The molecule has 19 heavy (non-hydrogen) atoms. The van der Waals surface area contributed by atoms with Crippen LogP contribution in [0.3, 0.4) is 0 Å². The molecule has 5 heteroatoms. The molecule has 0 heterocycles. The highest BCUT2D eigenvalue weighted by molar-refractivity contribution is 9.10. The van der Waals surface area contributed by atoms with Crippen LogP contribution in [-0.4, -0.2) is 0 Å². The lowest BCUT2D eigenvalue weighted by Gasteiger charge is -2.11. The Balaban J connectivity index is 2.24. The highest BCUT2D eigenvalue weighted by Crippen LogP contribution is 2.31. The normalized spacial score (nSPS) is 12.3. The topological polar surface area (TPSA) is 35.2 Å². The zero-order valence-electron chi connectivity index (χ0n) is 10.2. The number of rotatable bonds is 3. The first-order valence-electron chi connectivity index (χ1n) is 5.65. The molecular weight excluding hydrogens is 377 g/mol. The van der Waals surface area contributed by atoms with Gasteiger partial charge in [-0.1, -0.05) is 22.0 Å². The van der Waals surface area contributed by atoms with E-state index in [9.17, 15) is 4.39 Å². The van der Waals surface area contributed by atoms with Crippen molar-refractivity contribution in [3.8, 4) is 11.5 Å². The molecule has 2 N–H and O–H groups in total. The van der Waals surface area contributed by atoms with Gasteiger partial charge in [-0.25, -0.2) is 4.39 Å². The number of ether oxygens (including phenoxy) is 1. The number of hydrogen-bond acceptors (Lipinski definition) is 2. The largest absolute Gasteiger partial charge is 0.457 e. The first-order chi connectivity index (χ1) is 8.97. The molecule has 2 rings (SSSR count). The maximum absolute atomic E-state index is 13.1. The van der Waals surface area contributed by atoms with Crippen molar-refractivity contribution in [1.82, 2.24) is 0 Å². The molecule has 2 aromatic carbocycles. The fourth-order valence-corrected chi connectivity index (χ4v) is 2.69. The molecule has 2 aromatic rings. The van der Waals surface area contributed by atoms with Crippen LogP contribution in [0.1, 0.15) is 18.5 Å². The molecule has 0 saturated carbocycles. The molecule has 0 radical (unpaired) electrons. The Bertz CT molecular complexity index is 602. The molecule has 0 amide bonds. The fraction of sp³-hybridized carbons (Fsp3) is 0.143. The Morgan fingerprint density at radius 2 is 1.63 bits per heavy atom. The third kappa shape index (κ3) is 3.55. The van der Waals surface area contributed by atoms with E-state index in [1.165, 1.54) is 6.07 Å². The molecule has 0 aliphatic heterocycles. The summed E-state index contributed by atoms with van der Waals surface area (Å²) in [7, 11) is 0. The second-order valence-electron chi connectivity index (χ2n) is 4.15. The fourth-order valence-electron chi connectivity index (χ4n) is 1.62. The smallest absolute Gasteiger partial charge is 0.137 e. The summed E-state index contributed by atoms with van der Waals surface area (Å²) in [5.74, 6) is 0.907. The Hall–Kier alpha value is -0.910. The maximum atomic E-state index is 13.1. The first-order valence-corrected chi connectivity index (χ1v) is 7.24. The summed E-state index contributed by atoms with van der Waals surface area (Å²) < 4.78 is 20.0. The van der Waals surface area contributed by atoms with Gasteiger partial charge in [0.15, 0.2) is 0 Å². The van der Waals surface area contributed by atoms with Gasteiger partial charge in [0.25, 0.3) is 0 Å². The molecule has 0 spiro atoms. The van der Waals surface area contributed by atoms with E-state index in [1.807, 2.05) is 25.1 Å². The molecule has 2 nitrogen and oxygen atoms in total. The maximum Gasteiger partial charge on any atom is 0.137 e. The molecule has 100 valence electrons. The molecule has 0 saturated heterocycles. The van der Waals surface area contributed by atoms with Crippen molar-refractivity contribution in [1.29, 1.82) is 0 Å². The molecule has 0 unspecified atom stereocenters. The van der Waals surface area contributed by atoms with Gasteiger partial charge in [0.05, 0.1) is 4.47 Å². The number of halogens is 3. The molecule has 1 atom stereocenters. The van der Waals surface area contributed by atoms with Gasteiger partial charge in [0.1, 0.15) is 17.3 Å². The monoisotopic (exact) mass is 387 g/mol. The van der Waals surface area contributed by atoms with E-state index in [0.717, 1.165) is 10.0 Å².